The van der Waals surface area contributed by atoms with Crippen LogP contribution in [0.2, 0.25) is 0 Å². The highest BCUT2D eigenvalue weighted by molar-refractivity contribution is 9.11. The molecule has 0 radical (unpaired) electrons. The van der Waals surface area contributed by atoms with Gasteiger partial charge in [-0.3, -0.25) is 9.59 Å². The van der Waals surface area contributed by atoms with E-state index < -0.39 is 5.97 Å². The van der Waals surface area contributed by atoms with Crippen LogP contribution in [0.1, 0.15) is 103 Å². The number of rotatable bonds is 5. The van der Waals surface area contributed by atoms with Crippen LogP contribution in [-0.2, 0) is 36.5 Å². The molecule has 10 rings (SSSR count). The normalized spacial score (nSPS) is 15.9. The fourth-order valence-corrected chi connectivity index (χ4v) is 9.51. The van der Waals surface area contributed by atoms with Gasteiger partial charge in [0.05, 0.1) is 17.6 Å². The van der Waals surface area contributed by atoms with Gasteiger partial charge in [0, 0.05) is 84.5 Å². The van der Waals surface area contributed by atoms with Crippen LogP contribution in [0.3, 0.4) is 0 Å². The number of aryl methyl sites for hydroxylation is 2. The number of ether oxygens (including phenoxy) is 1. The second-order valence-electron chi connectivity index (χ2n) is 19.1. The highest BCUT2D eigenvalue weighted by Gasteiger charge is 2.52. The fraction of sp³-hybridized carbons (Fsp3) is 0.393. The Morgan fingerprint density at radius 3 is 1.70 bits per heavy atom. The zero-order chi connectivity index (χ0) is 53.6. The standard InChI is InChI=1S/C16H24BNO2.C10H12BrNO2.C10H10BrNO.C10H12BrN.C7H8BrN.C3H3O2/c1-11-13(9-8-12-7-6-10-18-14(11)12)17-19-15(2,3)16(4,5)20-17;1-7-8(11)3-2-4-9(7)12-6-5-10(13)14;1-6-8(11)3-2-7-9(13)4-5-12-10(6)7;1-7-9(11)5-4-8-3-2-6-12-10(7)8;1-5-6(8)3-2-4-7(5)9;4-3-1-2-5-3/h8-9,18H,6-7,10H2,1-5H3;2-4,12H,5-6H2,1H3,(H,13,14);2-3,12H,4-5H2,1H3;4-5,12H,2-3,6H2,1H3;2-4H,9H2,1H3;1H,2H2/q;;;;;+1. The van der Waals surface area contributed by atoms with Crippen molar-refractivity contribution in [3.63, 3.8) is 0 Å². The molecule has 7 N–H and O–H groups in total. The molecule has 0 atom stereocenters. The molecule has 5 aromatic carbocycles. The van der Waals surface area contributed by atoms with Gasteiger partial charge in [-0.05, 0) is 175 Å². The maximum Gasteiger partial charge on any atom is 0.503 e. The van der Waals surface area contributed by atoms with Crippen LogP contribution in [0.25, 0.3) is 0 Å². The number of esters is 1. The summed E-state index contributed by atoms with van der Waals surface area (Å²) in [7, 11) is -0.269. The molecule has 17 heteroatoms. The third-order valence-corrected chi connectivity index (χ3v) is 16.9. The summed E-state index contributed by atoms with van der Waals surface area (Å²) in [5, 5.41) is 21.8. The maximum atomic E-state index is 11.5. The van der Waals surface area contributed by atoms with E-state index in [2.05, 4.69) is 156 Å². The number of carboxylic acid groups (broad SMARTS) is 1. The molecule has 0 unspecified atom stereocenters. The van der Waals surface area contributed by atoms with E-state index in [1.807, 2.05) is 69.3 Å². The Kier molecular flexibility index (Phi) is 22.2. The van der Waals surface area contributed by atoms with Crippen molar-refractivity contribution in [1.82, 2.24) is 0 Å². The first-order valence-electron chi connectivity index (χ1n) is 24.5. The number of fused-ring (bicyclic) bond motifs is 3. The van der Waals surface area contributed by atoms with Crippen LogP contribution in [-0.4, -0.2) is 73.9 Å². The van der Waals surface area contributed by atoms with E-state index in [1.165, 1.54) is 63.8 Å². The van der Waals surface area contributed by atoms with Gasteiger partial charge in [0.2, 0.25) is 13.0 Å². The molecule has 2 fully saturated rings. The number of halogens is 4. The number of hydrogen-bond acceptors (Lipinski definition) is 11. The van der Waals surface area contributed by atoms with Gasteiger partial charge < -0.3 is 46.2 Å². The molecule has 73 heavy (non-hydrogen) atoms. The number of carboxylic acids is 1. The van der Waals surface area contributed by atoms with Gasteiger partial charge in [0.25, 0.3) is 0 Å². The van der Waals surface area contributed by atoms with Crippen molar-refractivity contribution in [3.8, 4) is 0 Å². The molecule has 0 bridgehead atoms. The summed E-state index contributed by atoms with van der Waals surface area (Å²) in [5.41, 5.74) is 21.2. The molecule has 0 spiro atoms. The zero-order valence-electron chi connectivity index (χ0n) is 43.3. The molecular weight excluding hydrogens is 1190 g/mol. The molecule has 5 heterocycles. The highest BCUT2D eigenvalue weighted by atomic mass is 79.9. The molecule has 0 aliphatic carbocycles. The monoisotopic (exact) mass is 1250 g/mol. The Labute approximate surface area is 466 Å². The minimum absolute atomic E-state index is 0.131. The minimum atomic E-state index is -0.787. The summed E-state index contributed by atoms with van der Waals surface area (Å²) in [5.74, 6) is -0.737. The van der Waals surface area contributed by atoms with E-state index in [0.29, 0.717) is 19.6 Å². The summed E-state index contributed by atoms with van der Waals surface area (Å²) in [6.45, 7) is 22.6. The fourth-order valence-electron chi connectivity index (χ4n) is 8.11. The second-order valence-corrected chi connectivity index (χ2v) is 22.6. The number of nitrogens with two attached hydrogens (primary N) is 1. The molecule has 12 nitrogen and oxygen atoms in total. The Hall–Kier alpha value is -4.52. The van der Waals surface area contributed by atoms with Crippen molar-refractivity contribution in [2.45, 2.75) is 112 Å². The van der Waals surface area contributed by atoms with Gasteiger partial charge in [0.15, 0.2) is 5.78 Å². The number of aliphatic carboxylic acids is 1. The molecule has 0 amide bonds. The molecule has 5 aliphatic heterocycles. The number of nitrogens with one attached hydrogen (secondary N) is 4. The number of nitrogen functional groups attached to an aromatic ring is 1. The average Bonchev–Trinajstić information content (AvgIpc) is 3.57. The summed E-state index contributed by atoms with van der Waals surface area (Å²) >= 11 is 13.8. The number of carbonyl (C=O) groups excluding carboxylic acids is 2. The van der Waals surface area contributed by atoms with Gasteiger partial charge in [-0.15, -0.1) is 0 Å². The van der Waals surface area contributed by atoms with Crippen LogP contribution in [0.4, 0.5) is 28.4 Å². The first-order valence-corrected chi connectivity index (χ1v) is 27.7. The van der Waals surface area contributed by atoms with Crippen molar-refractivity contribution < 1.29 is 33.5 Å². The first-order chi connectivity index (χ1) is 34.5. The Bertz CT molecular complexity index is 2710. The number of cyclic esters (lactones) is 1. The molecule has 0 saturated carbocycles. The van der Waals surface area contributed by atoms with Crippen LogP contribution in [0.15, 0.2) is 90.7 Å². The first kappa shape index (κ1) is 59.4. The van der Waals surface area contributed by atoms with Gasteiger partial charge in [-0.1, -0.05) is 94.1 Å². The lowest BCUT2D eigenvalue weighted by molar-refractivity contribution is -0.148. The Balaban J connectivity index is 0.000000168. The quantitative estimate of drug-likeness (QED) is 0.0426. The zero-order valence-corrected chi connectivity index (χ0v) is 49.7. The van der Waals surface area contributed by atoms with Gasteiger partial charge in [0.1, 0.15) is 0 Å². The molecule has 2 saturated heterocycles. The minimum Gasteiger partial charge on any atom is -0.481 e. The number of Topliss-reactive ketones (excluding diaryl/α,β-unsaturated/α-hetero) is 1. The van der Waals surface area contributed by atoms with E-state index in [1.54, 1.807) is 0 Å². The topological polar surface area (TPSA) is 173 Å². The highest BCUT2D eigenvalue weighted by Crippen LogP contribution is 2.38. The predicted molar refractivity (Wildman–Crippen MR) is 314 cm³/mol. The van der Waals surface area contributed by atoms with Crippen LogP contribution < -0.4 is 32.5 Å². The van der Waals surface area contributed by atoms with E-state index in [-0.39, 0.29) is 36.5 Å². The largest absolute Gasteiger partial charge is 0.503 e. The lowest BCUT2D eigenvalue weighted by Gasteiger charge is -2.32. The summed E-state index contributed by atoms with van der Waals surface area (Å²) in [6, 6.07) is 24.1. The van der Waals surface area contributed by atoms with Gasteiger partial charge >= 0.3 is 19.1 Å². The third kappa shape index (κ3) is 16.2. The molecular formula is C56H69BBr4N5O7+. The summed E-state index contributed by atoms with van der Waals surface area (Å²) in [4.78, 5) is 31.4. The number of anilines is 5. The third-order valence-electron chi connectivity index (χ3n) is 13.5. The van der Waals surface area contributed by atoms with Crippen LogP contribution in [0.5, 0.6) is 0 Å². The van der Waals surface area contributed by atoms with Crippen molar-refractivity contribution in [2.24, 2.45) is 0 Å². The van der Waals surface area contributed by atoms with Crippen LogP contribution in [0, 0.1) is 41.0 Å². The van der Waals surface area contributed by atoms with E-state index in [4.69, 9.17) is 20.1 Å². The predicted octanol–water partition coefficient (Wildman–Crippen LogP) is 13.3. The Morgan fingerprint density at radius 2 is 1.16 bits per heavy atom. The number of hydrogen-bond donors (Lipinski definition) is 6. The maximum absolute atomic E-state index is 11.5. The van der Waals surface area contributed by atoms with Crippen molar-refractivity contribution in [2.75, 3.05) is 59.8 Å². The SMILES string of the molecule is Cc1c(B2OC(C)(C)C(C)(C)O2)ccc2c1NCCC2.Cc1c(Br)ccc2c1NCCC2.Cc1c(Br)ccc2c1NCCC2=O.Cc1c(Br)cccc1NCCC(=O)O.Cc1c(N)cccc1Br.O=C1[CH+]CO1. The molecule has 5 aliphatic rings. The van der Waals surface area contributed by atoms with Crippen molar-refractivity contribution in [3.05, 3.63) is 142 Å². The number of benzene rings is 5. The van der Waals surface area contributed by atoms with Crippen molar-refractivity contribution >= 4 is 122 Å². The van der Waals surface area contributed by atoms with Crippen LogP contribution >= 0.6 is 63.7 Å². The summed E-state index contributed by atoms with van der Waals surface area (Å²) in [6.07, 6.45) is 7.07. The molecule has 390 valence electrons. The molecule has 5 aromatic rings. The number of carbonyl (C=O) groups is 3. The lowest BCUT2D eigenvalue weighted by atomic mass is 9.74. The smallest absolute Gasteiger partial charge is 0.481 e. The second kappa shape index (κ2) is 27.3. The van der Waals surface area contributed by atoms with E-state index >= 15 is 0 Å². The average molecular weight is 1250 g/mol. The lowest BCUT2D eigenvalue weighted by Crippen LogP contribution is -2.41. The van der Waals surface area contributed by atoms with E-state index in [0.717, 1.165) is 84.3 Å². The van der Waals surface area contributed by atoms with E-state index in [9.17, 15) is 14.4 Å². The van der Waals surface area contributed by atoms with Crippen molar-refractivity contribution in [1.29, 1.82) is 0 Å². The number of ketones is 1. The van der Waals surface area contributed by atoms with Gasteiger partial charge in [-0.25, -0.2) is 0 Å². The summed E-state index contributed by atoms with van der Waals surface area (Å²) < 4.78 is 20.9. The Morgan fingerprint density at radius 1 is 0.671 bits per heavy atom. The molecule has 0 aromatic heterocycles. The van der Waals surface area contributed by atoms with Gasteiger partial charge in [-0.2, -0.15) is 4.79 Å².